The molecule has 0 radical (unpaired) electrons. The molecule has 0 saturated carbocycles. The third-order valence-electron chi connectivity index (χ3n) is 5.36. The van der Waals surface area contributed by atoms with Crippen LogP contribution in [0.1, 0.15) is 11.7 Å². The normalized spacial score (nSPS) is 14.1. The summed E-state index contributed by atoms with van der Waals surface area (Å²) in [5.41, 5.74) is 2.57. The summed E-state index contributed by atoms with van der Waals surface area (Å²) in [5.74, 6) is 0.800. The summed E-state index contributed by atoms with van der Waals surface area (Å²) in [5, 5.41) is 12.0. The first kappa shape index (κ1) is 19.6. The Morgan fingerprint density at radius 2 is 1.30 bits per heavy atom. The summed E-state index contributed by atoms with van der Waals surface area (Å²) in [4.78, 5) is 16.0. The number of anilines is 2. The molecule has 4 rings (SSSR count). The molecule has 3 aromatic rings. The lowest BCUT2D eigenvalue weighted by Crippen LogP contribution is -2.31. The number of nitrogens with zero attached hydrogens (tertiary/aromatic N) is 3. The van der Waals surface area contributed by atoms with E-state index in [1.807, 2.05) is 60.7 Å². The molecular weight excluding hydrogens is 382 g/mol. The van der Waals surface area contributed by atoms with E-state index in [9.17, 15) is 10.1 Å². The van der Waals surface area contributed by atoms with E-state index in [1.165, 1.54) is 20.3 Å². The Hall–Kier alpha value is -3.74. The van der Waals surface area contributed by atoms with Crippen molar-refractivity contribution in [2.45, 2.75) is 6.17 Å². The molecule has 0 spiro atoms. The predicted octanol–water partition coefficient (Wildman–Crippen LogP) is 4.64. The van der Waals surface area contributed by atoms with Gasteiger partial charge < -0.3 is 19.3 Å². The highest BCUT2D eigenvalue weighted by molar-refractivity contribution is 5.64. The smallest absolute Gasteiger partial charge is 0.280 e. The Bertz CT molecular complexity index is 980. The van der Waals surface area contributed by atoms with Crippen molar-refractivity contribution in [3.8, 4) is 11.5 Å². The summed E-state index contributed by atoms with van der Waals surface area (Å²) in [6.07, 6.45) is -0.366. The molecule has 0 N–H and O–H groups in total. The quantitative estimate of drug-likeness (QED) is 0.440. The van der Waals surface area contributed by atoms with Crippen LogP contribution >= 0.6 is 0 Å². The zero-order valence-corrected chi connectivity index (χ0v) is 16.9. The molecule has 0 atom stereocenters. The van der Waals surface area contributed by atoms with Crippen LogP contribution in [-0.4, -0.2) is 32.2 Å². The SMILES string of the molecule is COc1cc(C2N(c3ccccc3)CCN2c2ccccc2)c([N+](=O)[O-])cc1OC. The van der Waals surface area contributed by atoms with E-state index in [1.54, 1.807) is 6.07 Å². The van der Waals surface area contributed by atoms with Gasteiger partial charge in [-0.2, -0.15) is 0 Å². The Kier molecular flexibility index (Phi) is 5.43. The third-order valence-corrected chi connectivity index (χ3v) is 5.36. The largest absolute Gasteiger partial charge is 0.493 e. The third kappa shape index (κ3) is 3.50. The van der Waals surface area contributed by atoms with Gasteiger partial charge in [-0.25, -0.2) is 0 Å². The van der Waals surface area contributed by atoms with Crippen molar-refractivity contribution >= 4 is 17.1 Å². The number of benzene rings is 3. The number of ether oxygens (including phenoxy) is 2. The first-order valence-electron chi connectivity index (χ1n) is 9.67. The lowest BCUT2D eigenvalue weighted by Gasteiger charge is -2.33. The van der Waals surface area contributed by atoms with Crippen molar-refractivity contribution in [1.82, 2.24) is 0 Å². The highest BCUT2D eigenvalue weighted by atomic mass is 16.6. The number of rotatable bonds is 6. The lowest BCUT2D eigenvalue weighted by atomic mass is 10.1. The summed E-state index contributed by atoms with van der Waals surface area (Å²) < 4.78 is 10.8. The van der Waals surface area contributed by atoms with Crippen molar-refractivity contribution in [1.29, 1.82) is 0 Å². The number of nitro benzene ring substituents is 1. The molecule has 1 heterocycles. The molecule has 7 nitrogen and oxygen atoms in total. The van der Waals surface area contributed by atoms with Gasteiger partial charge in [0.15, 0.2) is 11.5 Å². The highest BCUT2D eigenvalue weighted by Crippen LogP contribution is 2.44. The Morgan fingerprint density at radius 1 is 0.833 bits per heavy atom. The fraction of sp³-hybridized carbons (Fsp3) is 0.217. The number of para-hydroxylation sites is 2. The zero-order chi connectivity index (χ0) is 21.1. The molecule has 0 unspecified atom stereocenters. The minimum absolute atomic E-state index is 0.00131. The molecule has 0 amide bonds. The second-order valence-electron chi connectivity index (χ2n) is 6.95. The maximum Gasteiger partial charge on any atom is 0.280 e. The Labute approximate surface area is 175 Å². The number of hydrogen-bond donors (Lipinski definition) is 0. The van der Waals surface area contributed by atoms with Crippen LogP contribution in [0, 0.1) is 10.1 Å². The van der Waals surface area contributed by atoms with E-state index in [4.69, 9.17) is 9.47 Å². The van der Waals surface area contributed by atoms with Crippen molar-refractivity contribution < 1.29 is 14.4 Å². The van der Waals surface area contributed by atoms with Crippen molar-refractivity contribution in [3.63, 3.8) is 0 Å². The van der Waals surface area contributed by atoms with Gasteiger partial charge in [-0.05, 0) is 30.3 Å². The van der Waals surface area contributed by atoms with E-state index in [-0.39, 0.29) is 16.8 Å². The van der Waals surface area contributed by atoms with Gasteiger partial charge in [0.25, 0.3) is 5.69 Å². The molecule has 0 aliphatic carbocycles. The molecular formula is C23H23N3O4. The molecule has 1 aliphatic rings. The van der Waals surface area contributed by atoms with Gasteiger partial charge >= 0.3 is 0 Å². The van der Waals surface area contributed by atoms with Gasteiger partial charge in [0.05, 0.1) is 30.8 Å². The Balaban J connectivity index is 1.91. The fourth-order valence-electron chi connectivity index (χ4n) is 3.99. The van der Waals surface area contributed by atoms with Crippen LogP contribution in [0.2, 0.25) is 0 Å². The number of nitro groups is 1. The molecule has 30 heavy (non-hydrogen) atoms. The van der Waals surface area contributed by atoms with Gasteiger partial charge in [-0.3, -0.25) is 10.1 Å². The van der Waals surface area contributed by atoms with Gasteiger partial charge in [0.2, 0.25) is 0 Å². The standard InChI is InChI=1S/C23H23N3O4/c1-29-21-15-19(20(26(27)28)16-22(21)30-2)23-24(17-9-5-3-6-10-17)13-14-25(23)18-11-7-4-8-12-18/h3-12,15-16,23H,13-14H2,1-2H3. The van der Waals surface area contributed by atoms with Crippen LogP contribution in [-0.2, 0) is 0 Å². The maximum absolute atomic E-state index is 12.0. The monoisotopic (exact) mass is 405 g/mol. The van der Waals surface area contributed by atoms with Crippen LogP contribution in [0.3, 0.4) is 0 Å². The summed E-state index contributed by atoms with van der Waals surface area (Å²) >= 11 is 0. The summed E-state index contributed by atoms with van der Waals surface area (Å²) in [6, 6.07) is 23.1. The van der Waals surface area contributed by atoms with E-state index >= 15 is 0 Å². The number of methoxy groups -OCH3 is 2. The summed E-state index contributed by atoms with van der Waals surface area (Å²) in [6.45, 7) is 1.46. The average molecular weight is 405 g/mol. The van der Waals surface area contributed by atoms with Gasteiger partial charge in [-0.1, -0.05) is 36.4 Å². The molecule has 1 fully saturated rings. The summed E-state index contributed by atoms with van der Waals surface area (Å²) in [7, 11) is 3.01. The zero-order valence-electron chi connectivity index (χ0n) is 16.9. The van der Waals surface area contributed by atoms with Gasteiger partial charge in [0, 0.05) is 24.5 Å². The average Bonchev–Trinajstić information content (AvgIpc) is 3.24. The minimum Gasteiger partial charge on any atom is -0.493 e. The van der Waals surface area contributed by atoms with E-state index < -0.39 is 0 Å². The van der Waals surface area contributed by atoms with Gasteiger partial charge in [-0.15, -0.1) is 0 Å². The fourth-order valence-corrected chi connectivity index (χ4v) is 3.99. The predicted molar refractivity (Wildman–Crippen MR) is 117 cm³/mol. The number of hydrogen-bond acceptors (Lipinski definition) is 6. The first-order chi connectivity index (χ1) is 14.6. The molecule has 0 aromatic heterocycles. The maximum atomic E-state index is 12.0. The van der Waals surface area contributed by atoms with E-state index in [2.05, 4.69) is 9.80 Å². The van der Waals surface area contributed by atoms with Crippen LogP contribution in [0.4, 0.5) is 17.1 Å². The highest BCUT2D eigenvalue weighted by Gasteiger charge is 2.38. The molecule has 154 valence electrons. The van der Waals surface area contributed by atoms with Crippen LogP contribution in [0.15, 0.2) is 72.8 Å². The van der Waals surface area contributed by atoms with Crippen LogP contribution < -0.4 is 19.3 Å². The van der Waals surface area contributed by atoms with Crippen LogP contribution in [0.25, 0.3) is 0 Å². The lowest BCUT2D eigenvalue weighted by molar-refractivity contribution is -0.385. The Morgan fingerprint density at radius 3 is 1.73 bits per heavy atom. The molecule has 1 aliphatic heterocycles. The second kappa shape index (κ2) is 8.32. The van der Waals surface area contributed by atoms with Crippen molar-refractivity contribution in [2.75, 3.05) is 37.1 Å². The molecule has 7 heteroatoms. The second-order valence-corrected chi connectivity index (χ2v) is 6.95. The van der Waals surface area contributed by atoms with E-state index in [0.717, 1.165) is 24.5 Å². The molecule has 0 bridgehead atoms. The molecule has 1 saturated heterocycles. The minimum atomic E-state index is -0.366. The topological polar surface area (TPSA) is 68.1 Å². The van der Waals surface area contributed by atoms with E-state index in [0.29, 0.717) is 17.1 Å². The van der Waals surface area contributed by atoms with Crippen molar-refractivity contribution in [2.24, 2.45) is 0 Å². The van der Waals surface area contributed by atoms with Crippen molar-refractivity contribution in [3.05, 3.63) is 88.5 Å². The van der Waals surface area contributed by atoms with Crippen LogP contribution in [0.5, 0.6) is 11.5 Å². The first-order valence-corrected chi connectivity index (χ1v) is 9.67. The van der Waals surface area contributed by atoms with Gasteiger partial charge in [0.1, 0.15) is 6.17 Å². The molecule has 3 aromatic carbocycles.